The zero-order valence-electron chi connectivity index (χ0n) is 11.7. The number of hydrogen-bond donors (Lipinski definition) is 3. The van der Waals surface area contributed by atoms with Gasteiger partial charge in [0.15, 0.2) is 0 Å². The van der Waals surface area contributed by atoms with Crippen molar-refractivity contribution >= 4 is 17.9 Å². The van der Waals surface area contributed by atoms with Crippen LogP contribution in [0.25, 0.3) is 0 Å². The van der Waals surface area contributed by atoms with Gasteiger partial charge in [0.1, 0.15) is 0 Å². The summed E-state index contributed by atoms with van der Waals surface area (Å²) in [5.41, 5.74) is 0. The van der Waals surface area contributed by atoms with Crippen molar-refractivity contribution in [2.45, 2.75) is 12.8 Å². The van der Waals surface area contributed by atoms with E-state index in [0.29, 0.717) is 13.1 Å². The van der Waals surface area contributed by atoms with Gasteiger partial charge in [-0.2, -0.15) is 0 Å². The summed E-state index contributed by atoms with van der Waals surface area (Å²) >= 11 is 0. The van der Waals surface area contributed by atoms with Gasteiger partial charge in [-0.3, -0.25) is 14.9 Å². The molecular weight excluding hydrogens is 264 g/mol. The van der Waals surface area contributed by atoms with E-state index in [2.05, 4.69) is 20.4 Å². The van der Waals surface area contributed by atoms with Gasteiger partial charge in [0.05, 0.1) is 6.42 Å². The number of aliphatic carboxylic acids is 1. The van der Waals surface area contributed by atoms with Gasteiger partial charge in [0.2, 0.25) is 5.91 Å². The van der Waals surface area contributed by atoms with E-state index in [1.54, 1.807) is 0 Å². The molecule has 1 fully saturated rings. The van der Waals surface area contributed by atoms with E-state index in [1.165, 1.54) is 7.05 Å². The van der Waals surface area contributed by atoms with Gasteiger partial charge in [-0.1, -0.05) is 0 Å². The fourth-order valence-electron chi connectivity index (χ4n) is 2.00. The lowest BCUT2D eigenvalue weighted by Crippen LogP contribution is -2.48. The number of urea groups is 1. The van der Waals surface area contributed by atoms with Crippen molar-refractivity contribution in [2.24, 2.45) is 0 Å². The maximum Gasteiger partial charge on any atom is 0.321 e. The molecule has 1 aliphatic heterocycles. The largest absolute Gasteiger partial charge is 0.481 e. The topological polar surface area (TPSA) is 102 Å². The van der Waals surface area contributed by atoms with Gasteiger partial charge < -0.3 is 20.2 Å². The molecule has 0 saturated carbocycles. The Balaban J connectivity index is 2.14. The first-order valence-corrected chi connectivity index (χ1v) is 6.69. The van der Waals surface area contributed by atoms with Crippen LogP contribution in [0.4, 0.5) is 4.79 Å². The summed E-state index contributed by atoms with van der Waals surface area (Å²) in [5, 5.41) is 13.2. The molecule has 1 rings (SSSR count). The number of amides is 3. The number of imide groups is 1. The highest BCUT2D eigenvalue weighted by Gasteiger charge is 2.18. The number of hydrogen-bond acceptors (Lipinski definition) is 5. The second-order valence-electron chi connectivity index (χ2n) is 4.70. The van der Waals surface area contributed by atoms with E-state index >= 15 is 0 Å². The number of carbonyl (C=O) groups is 3. The molecule has 1 aliphatic rings. The van der Waals surface area contributed by atoms with E-state index in [-0.39, 0.29) is 18.7 Å². The third-order valence-corrected chi connectivity index (χ3v) is 3.24. The molecular formula is C12H22N4O4. The zero-order chi connectivity index (χ0) is 15.0. The fourth-order valence-corrected chi connectivity index (χ4v) is 2.00. The average molecular weight is 286 g/mol. The molecule has 1 saturated heterocycles. The second kappa shape index (κ2) is 8.49. The summed E-state index contributed by atoms with van der Waals surface area (Å²) in [6.45, 7) is 4.42. The lowest BCUT2D eigenvalue weighted by Gasteiger charge is -2.34. The van der Waals surface area contributed by atoms with Gasteiger partial charge in [-0.15, -0.1) is 0 Å². The first-order valence-electron chi connectivity index (χ1n) is 6.69. The Morgan fingerprint density at radius 1 is 1.00 bits per heavy atom. The number of nitrogens with zero attached hydrogens (tertiary/aromatic N) is 2. The van der Waals surface area contributed by atoms with Crippen LogP contribution in [-0.4, -0.2) is 79.1 Å². The van der Waals surface area contributed by atoms with Crippen molar-refractivity contribution in [1.29, 1.82) is 0 Å². The van der Waals surface area contributed by atoms with Crippen LogP contribution >= 0.6 is 0 Å². The number of rotatable bonds is 6. The van der Waals surface area contributed by atoms with Crippen molar-refractivity contribution in [3.05, 3.63) is 0 Å². The SMILES string of the molecule is CNC(=O)NC(=O)CCN1CCN(CCC(=O)O)CC1. The predicted octanol–water partition coefficient (Wildman–Crippen LogP) is -1.08. The number of carbonyl (C=O) groups excluding carboxylic acids is 2. The van der Waals surface area contributed by atoms with Crippen LogP contribution in [0.3, 0.4) is 0 Å². The number of carboxylic acid groups (broad SMARTS) is 1. The quantitative estimate of drug-likeness (QED) is 0.574. The van der Waals surface area contributed by atoms with Crippen molar-refractivity contribution in [2.75, 3.05) is 46.3 Å². The van der Waals surface area contributed by atoms with Crippen LogP contribution in [-0.2, 0) is 9.59 Å². The highest BCUT2D eigenvalue weighted by atomic mass is 16.4. The highest BCUT2D eigenvalue weighted by Crippen LogP contribution is 2.03. The number of carboxylic acids is 1. The summed E-state index contributed by atoms with van der Waals surface area (Å²) < 4.78 is 0. The standard InChI is InChI=1S/C12H22N4O4/c1-13-12(20)14-10(17)2-4-15-6-8-16(9-7-15)5-3-11(18)19/h2-9H2,1H3,(H,18,19)(H2,13,14,17,20). The molecule has 0 aromatic carbocycles. The van der Waals surface area contributed by atoms with Crippen LogP contribution in [0, 0.1) is 0 Å². The first kappa shape index (κ1) is 16.4. The van der Waals surface area contributed by atoms with E-state index in [9.17, 15) is 14.4 Å². The van der Waals surface area contributed by atoms with Gasteiger partial charge in [-0.05, 0) is 0 Å². The van der Waals surface area contributed by atoms with E-state index in [4.69, 9.17) is 5.11 Å². The molecule has 8 nitrogen and oxygen atoms in total. The maximum absolute atomic E-state index is 11.4. The summed E-state index contributed by atoms with van der Waals surface area (Å²) in [7, 11) is 1.46. The lowest BCUT2D eigenvalue weighted by molar-refractivity contribution is -0.137. The zero-order valence-corrected chi connectivity index (χ0v) is 11.7. The van der Waals surface area contributed by atoms with Gasteiger partial charge in [0, 0.05) is 52.7 Å². The number of piperazine rings is 1. The van der Waals surface area contributed by atoms with Crippen molar-refractivity contribution in [3.63, 3.8) is 0 Å². The third-order valence-electron chi connectivity index (χ3n) is 3.24. The van der Waals surface area contributed by atoms with E-state index in [0.717, 1.165) is 26.2 Å². The molecule has 0 spiro atoms. The minimum absolute atomic E-state index is 0.161. The molecule has 1 heterocycles. The van der Waals surface area contributed by atoms with Crippen LogP contribution in [0.15, 0.2) is 0 Å². The Bertz CT molecular complexity index is 353. The normalized spacial score (nSPS) is 16.6. The smallest absolute Gasteiger partial charge is 0.321 e. The Labute approximate surface area is 118 Å². The van der Waals surface area contributed by atoms with Crippen LogP contribution in [0.1, 0.15) is 12.8 Å². The maximum atomic E-state index is 11.4. The highest BCUT2D eigenvalue weighted by molar-refractivity contribution is 5.94. The van der Waals surface area contributed by atoms with Crippen LogP contribution < -0.4 is 10.6 Å². The Morgan fingerprint density at radius 2 is 1.50 bits per heavy atom. The van der Waals surface area contributed by atoms with Gasteiger partial charge in [0.25, 0.3) is 0 Å². The Hall–Kier alpha value is -1.67. The minimum Gasteiger partial charge on any atom is -0.481 e. The van der Waals surface area contributed by atoms with Crippen molar-refractivity contribution < 1.29 is 19.5 Å². The molecule has 0 aromatic heterocycles. The molecule has 20 heavy (non-hydrogen) atoms. The Kier molecular flexibility index (Phi) is 6.96. The van der Waals surface area contributed by atoms with Crippen LogP contribution in [0.2, 0.25) is 0 Å². The third kappa shape index (κ3) is 6.48. The first-order chi connectivity index (χ1) is 9.51. The molecule has 0 radical (unpaired) electrons. The van der Waals surface area contributed by atoms with E-state index in [1.807, 2.05) is 0 Å². The molecule has 0 bridgehead atoms. The lowest BCUT2D eigenvalue weighted by atomic mass is 10.2. The van der Waals surface area contributed by atoms with Crippen molar-refractivity contribution in [1.82, 2.24) is 20.4 Å². The molecule has 0 aromatic rings. The van der Waals surface area contributed by atoms with Gasteiger partial charge in [-0.25, -0.2) is 4.79 Å². The van der Waals surface area contributed by atoms with Crippen LogP contribution in [0.5, 0.6) is 0 Å². The predicted molar refractivity (Wildman–Crippen MR) is 72.3 cm³/mol. The minimum atomic E-state index is -0.779. The van der Waals surface area contributed by atoms with Gasteiger partial charge >= 0.3 is 12.0 Å². The molecule has 0 aliphatic carbocycles. The summed E-state index contributed by atoms with van der Waals surface area (Å²) in [6.07, 6.45) is 0.442. The fraction of sp³-hybridized carbons (Fsp3) is 0.750. The Morgan fingerprint density at radius 3 is 1.95 bits per heavy atom. The summed E-state index contributed by atoms with van der Waals surface area (Å²) in [6, 6.07) is -0.492. The monoisotopic (exact) mass is 286 g/mol. The molecule has 8 heteroatoms. The average Bonchev–Trinajstić information content (AvgIpc) is 2.43. The van der Waals surface area contributed by atoms with E-state index < -0.39 is 12.0 Å². The molecule has 0 unspecified atom stereocenters. The second-order valence-corrected chi connectivity index (χ2v) is 4.70. The molecule has 3 N–H and O–H groups in total. The molecule has 3 amide bonds. The molecule has 0 atom stereocenters. The summed E-state index contributed by atoms with van der Waals surface area (Å²) in [5.74, 6) is -1.07. The number of nitrogens with one attached hydrogen (secondary N) is 2. The summed E-state index contributed by atoms with van der Waals surface area (Å²) in [4.78, 5) is 37.1. The molecule has 114 valence electrons. The van der Waals surface area contributed by atoms with Crippen molar-refractivity contribution in [3.8, 4) is 0 Å².